The fraction of sp³-hybridized carbons (Fsp3) is 0.800. The van der Waals surface area contributed by atoms with Crippen LogP contribution in [0.5, 0.6) is 0 Å². The number of hydrogen-bond donors (Lipinski definition) is 3. The molecule has 1 fully saturated rings. The van der Waals surface area contributed by atoms with Gasteiger partial charge in [0.25, 0.3) is 0 Å². The van der Waals surface area contributed by atoms with Crippen LogP contribution in [0, 0.1) is 0 Å². The average molecular weight is 217 g/mol. The Balaban J connectivity index is 0.000000265. The molecule has 5 heteroatoms. The third-order valence-corrected chi connectivity index (χ3v) is 2.10. The molecule has 0 aromatic carbocycles. The highest BCUT2D eigenvalue weighted by Crippen LogP contribution is 2.03. The minimum atomic E-state index is -0.720. The summed E-state index contributed by atoms with van der Waals surface area (Å²) in [7, 11) is 0. The van der Waals surface area contributed by atoms with E-state index in [1.54, 1.807) is 0 Å². The van der Waals surface area contributed by atoms with Gasteiger partial charge in [-0.3, -0.25) is 9.59 Å². The van der Waals surface area contributed by atoms with E-state index >= 15 is 0 Å². The summed E-state index contributed by atoms with van der Waals surface area (Å²) in [5.74, 6) is -1.41. The zero-order valence-electron chi connectivity index (χ0n) is 9.03. The summed E-state index contributed by atoms with van der Waals surface area (Å²) in [6, 6.07) is -0.269. The maximum Gasteiger partial charge on any atom is 0.320 e. The van der Waals surface area contributed by atoms with Crippen molar-refractivity contribution < 1.29 is 19.8 Å². The smallest absolute Gasteiger partial charge is 0.320 e. The first-order chi connectivity index (χ1) is 7.07. The van der Waals surface area contributed by atoms with Gasteiger partial charge in [-0.05, 0) is 25.8 Å². The lowest BCUT2D eigenvalue weighted by atomic mass is 10.2. The number of carbonyl (C=O) groups is 2. The second-order valence-corrected chi connectivity index (χ2v) is 3.48. The summed E-state index contributed by atoms with van der Waals surface area (Å²) in [4.78, 5) is 19.9. The minimum Gasteiger partial charge on any atom is -0.481 e. The molecule has 0 aliphatic carbocycles. The first-order valence-electron chi connectivity index (χ1n) is 5.26. The number of nitrogens with one attached hydrogen (secondary N) is 1. The number of aliphatic carboxylic acids is 2. The average Bonchev–Trinajstić information content (AvgIpc) is 2.68. The van der Waals surface area contributed by atoms with Gasteiger partial charge in [0.2, 0.25) is 0 Å². The van der Waals surface area contributed by atoms with E-state index < -0.39 is 11.9 Å². The molecular formula is C10H19NO4. The molecule has 0 unspecified atom stereocenters. The van der Waals surface area contributed by atoms with Gasteiger partial charge in [-0.1, -0.05) is 13.3 Å². The Bertz CT molecular complexity index is 200. The van der Waals surface area contributed by atoms with E-state index in [1.165, 1.54) is 0 Å². The van der Waals surface area contributed by atoms with E-state index in [-0.39, 0.29) is 6.04 Å². The number of rotatable bonds is 4. The van der Waals surface area contributed by atoms with Crippen LogP contribution in [0.2, 0.25) is 0 Å². The first-order valence-corrected chi connectivity index (χ1v) is 5.26. The van der Waals surface area contributed by atoms with Gasteiger partial charge in [0.05, 0.1) is 0 Å². The van der Waals surface area contributed by atoms with E-state index in [0.29, 0.717) is 6.42 Å². The second-order valence-electron chi connectivity index (χ2n) is 3.48. The summed E-state index contributed by atoms with van der Waals surface area (Å²) in [5, 5.41) is 19.3. The topological polar surface area (TPSA) is 86.6 Å². The third kappa shape index (κ3) is 7.93. The van der Waals surface area contributed by atoms with Crippen LogP contribution in [-0.4, -0.2) is 34.7 Å². The number of unbranched alkanes of at least 4 members (excludes halogenated alkanes) is 1. The monoisotopic (exact) mass is 217 g/mol. The zero-order valence-corrected chi connectivity index (χ0v) is 9.03. The van der Waals surface area contributed by atoms with Crippen molar-refractivity contribution in [2.45, 2.75) is 45.1 Å². The summed E-state index contributed by atoms with van der Waals surface area (Å²) in [6.45, 7) is 2.83. The molecule has 0 bridgehead atoms. The molecular weight excluding hydrogens is 198 g/mol. The van der Waals surface area contributed by atoms with E-state index in [0.717, 1.165) is 32.2 Å². The maximum absolute atomic E-state index is 10.1. The predicted octanol–water partition coefficient (Wildman–Crippen LogP) is 1.08. The number of hydrogen-bond acceptors (Lipinski definition) is 3. The molecule has 0 radical (unpaired) electrons. The molecule has 0 aromatic rings. The summed E-state index contributed by atoms with van der Waals surface area (Å²) >= 11 is 0. The summed E-state index contributed by atoms with van der Waals surface area (Å²) in [5.41, 5.74) is 0. The second kappa shape index (κ2) is 8.23. The number of carboxylic acid groups (broad SMARTS) is 2. The van der Waals surface area contributed by atoms with Gasteiger partial charge in [0, 0.05) is 6.42 Å². The lowest BCUT2D eigenvalue weighted by Gasteiger charge is -1.99. The third-order valence-electron chi connectivity index (χ3n) is 2.10. The summed E-state index contributed by atoms with van der Waals surface area (Å²) in [6.07, 6.45) is 3.87. The Hall–Kier alpha value is -1.10. The molecule has 5 nitrogen and oxygen atoms in total. The van der Waals surface area contributed by atoms with Crippen LogP contribution >= 0.6 is 0 Å². The molecule has 1 atom stereocenters. The van der Waals surface area contributed by atoms with Crippen molar-refractivity contribution in [2.24, 2.45) is 0 Å². The van der Waals surface area contributed by atoms with Crippen molar-refractivity contribution in [2.75, 3.05) is 6.54 Å². The highest BCUT2D eigenvalue weighted by Gasteiger charge is 2.20. The quantitative estimate of drug-likeness (QED) is 0.656. The Morgan fingerprint density at radius 1 is 1.40 bits per heavy atom. The SMILES string of the molecule is CCCCC(=O)O.O=C(O)[C@@H]1CCCN1. The van der Waals surface area contributed by atoms with E-state index in [1.807, 2.05) is 6.92 Å². The molecule has 88 valence electrons. The van der Waals surface area contributed by atoms with Gasteiger partial charge in [0.1, 0.15) is 6.04 Å². The molecule has 0 spiro atoms. The Morgan fingerprint density at radius 2 is 2.07 bits per heavy atom. The largest absolute Gasteiger partial charge is 0.481 e. The standard InChI is InChI=1S/C5H9NO2.C5H10O2/c7-5(8)4-2-1-3-6-4;1-2-3-4-5(6)7/h4,6H,1-3H2,(H,7,8);2-4H2,1H3,(H,6,7)/t4-;/m0./s1. The molecule has 0 amide bonds. The van der Waals surface area contributed by atoms with Crippen LogP contribution in [0.1, 0.15) is 39.0 Å². The Kier molecular flexibility index (Phi) is 7.62. The number of carboxylic acids is 2. The normalized spacial score (nSPS) is 19.1. The predicted molar refractivity (Wildman–Crippen MR) is 55.8 cm³/mol. The molecule has 1 aliphatic heterocycles. The molecule has 0 saturated carbocycles. The van der Waals surface area contributed by atoms with Crippen molar-refractivity contribution >= 4 is 11.9 Å². The van der Waals surface area contributed by atoms with Crippen molar-refractivity contribution in [1.29, 1.82) is 0 Å². The van der Waals surface area contributed by atoms with Crippen LogP contribution < -0.4 is 5.32 Å². The molecule has 1 saturated heterocycles. The molecule has 15 heavy (non-hydrogen) atoms. The van der Waals surface area contributed by atoms with E-state index in [9.17, 15) is 9.59 Å². The maximum atomic E-state index is 10.1. The molecule has 1 rings (SSSR count). The van der Waals surface area contributed by atoms with E-state index in [2.05, 4.69) is 5.32 Å². The van der Waals surface area contributed by atoms with Gasteiger partial charge < -0.3 is 15.5 Å². The molecule has 1 aliphatic rings. The zero-order chi connectivity index (χ0) is 11.7. The van der Waals surface area contributed by atoms with Crippen LogP contribution in [0.15, 0.2) is 0 Å². The van der Waals surface area contributed by atoms with E-state index in [4.69, 9.17) is 10.2 Å². The molecule has 0 aromatic heterocycles. The first kappa shape index (κ1) is 13.9. The van der Waals surface area contributed by atoms with Gasteiger partial charge in [-0.2, -0.15) is 0 Å². The molecule has 3 N–H and O–H groups in total. The molecule has 1 heterocycles. The van der Waals surface area contributed by atoms with Crippen molar-refractivity contribution in [3.05, 3.63) is 0 Å². The van der Waals surface area contributed by atoms with Crippen molar-refractivity contribution in [3.63, 3.8) is 0 Å². The lowest BCUT2D eigenvalue weighted by Crippen LogP contribution is -2.29. The Labute approximate surface area is 89.5 Å². The van der Waals surface area contributed by atoms with Crippen LogP contribution in [0.3, 0.4) is 0 Å². The van der Waals surface area contributed by atoms with Gasteiger partial charge in [-0.25, -0.2) is 0 Å². The van der Waals surface area contributed by atoms with Gasteiger partial charge in [-0.15, -0.1) is 0 Å². The highest BCUT2D eigenvalue weighted by atomic mass is 16.4. The van der Waals surface area contributed by atoms with Gasteiger partial charge in [0.15, 0.2) is 0 Å². The van der Waals surface area contributed by atoms with Crippen LogP contribution in [-0.2, 0) is 9.59 Å². The Morgan fingerprint density at radius 3 is 2.27 bits per heavy atom. The van der Waals surface area contributed by atoms with Gasteiger partial charge >= 0.3 is 11.9 Å². The fourth-order valence-corrected chi connectivity index (χ4v) is 1.22. The van der Waals surface area contributed by atoms with Crippen molar-refractivity contribution in [3.8, 4) is 0 Å². The van der Waals surface area contributed by atoms with Crippen molar-refractivity contribution in [1.82, 2.24) is 5.32 Å². The van der Waals surface area contributed by atoms with Crippen LogP contribution in [0.25, 0.3) is 0 Å². The summed E-state index contributed by atoms with van der Waals surface area (Å²) < 4.78 is 0. The lowest BCUT2D eigenvalue weighted by molar-refractivity contribution is -0.139. The van der Waals surface area contributed by atoms with Crippen LogP contribution in [0.4, 0.5) is 0 Å². The highest BCUT2D eigenvalue weighted by molar-refractivity contribution is 5.73. The fourth-order valence-electron chi connectivity index (χ4n) is 1.22. The minimum absolute atomic E-state index is 0.269.